The maximum absolute atomic E-state index is 11.5. The Morgan fingerprint density at radius 1 is 1.50 bits per heavy atom. The van der Waals surface area contributed by atoms with Crippen LogP contribution in [0.2, 0.25) is 0 Å². The van der Waals surface area contributed by atoms with Crippen LogP contribution in [-0.4, -0.2) is 30.9 Å². The van der Waals surface area contributed by atoms with Crippen LogP contribution in [-0.2, 0) is 9.84 Å². The molecule has 0 spiro atoms. The Balaban J connectivity index is 2.05. The Hall–Kier alpha value is -1.10. The summed E-state index contributed by atoms with van der Waals surface area (Å²) in [6.45, 7) is 1.92. The van der Waals surface area contributed by atoms with Crippen molar-refractivity contribution in [3.05, 3.63) is 24.0 Å². The average Bonchev–Trinajstić information content (AvgIpc) is 2.15. The number of rotatable bonds is 2. The van der Waals surface area contributed by atoms with Crippen LogP contribution in [0.15, 0.2) is 18.3 Å². The van der Waals surface area contributed by atoms with Crippen LogP contribution in [0.1, 0.15) is 18.5 Å². The lowest BCUT2D eigenvalue weighted by molar-refractivity contribution is 0.562. The minimum absolute atomic E-state index is 0.0422. The van der Waals surface area contributed by atoms with Crippen molar-refractivity contribution in [2.45, 2.75) is 25.8 Å². The molecule has 5 heteroatoms. The topological polar surface area (TPSA) is 59.1 Å². The zero-order valence-corrected chi connectivity index (χ0v) is 10.1. The van der Waals surface area contributed by atoms with Gasteiger partial charge in [0.05, 0.1) is 11.5 Å². The molecule has 1 aromatic heterocycles. The second-order valence-corrected chi connectivity index (χ2v) is 6.51. The first-order valence-corrected chi connectivity index (χ1v) is 7.27. The fraction of sp³-hybridized carbons (Fsp3) is 0.545. The van der Waals surface area contributed by atoms with Crippen molar-refractivity contribution in [2.24, 2.45) is 0 Å². The molecule has 1 saturated heterocycles. The molecular formula is C11H16N2O2S. The van der Waals surface area contributed by atoms with Gasteiger partial charge >= 0.3 is 0 Å². The molecule has 88 valence electrons. The average molecular weight is 240 g/mol. The molecule has 1 N–H and O–H groups in total. The number of aromatic nitrogens is 1. The zero-order chi connectivity index (χ0) is 11.6. The first-order chi connectivity index (χ1) is 7.55. The monoisotopic (exact) mass is 240 g/mol. The number of nitrogens with one attached hydrogen (secondary N) is 1. The summed E-state index contributed by atoms with van der Waals surface area (Å²) in [5.74, 6) is 0.578. The third-order valence-electron chi connectivity index (χ3n) is 2.73. The van der Waals surface area contributed by atoms with Gasteiger partial charge in [0.2, 0.25) is 0 Å². The van der Waals surface area contributed by atoms with E-state index in [2.05, 4.69) is 10.3 Å². The standard InChI is InChI=1S/C11H16N2O2S/c1-9-7-10(4-5-12-9)13-11-3-2-6-16(14,15)8-11/h4-5,7,11H,2-3,6,8H2,1H3,(H,12,13). The predicted octanol–water partition coefficient (Wildman–Crippen LogP) is 1.38. The summed E-state index contributed by atoms with van der Waals surface area (Å²) in [6, 6.07) is 3.84. The van der Waals surface area contributed by atoms with Gasteiger partial charge in [-0.05, 0) is 31.9 Å². The van der Waals surface area contributed by atoms with Gasteiger partial charge in [-0.2, -0.15) is 0 Å². The van der Waals surface area contributed by atoms with E-state index in [9.17, 15) is 8.42 Å². The number of anilines is 1. The summed E-state index contributed by atoms with van der Waals surface area (Å²) in [6.07, 6.45) is 3.40. The van der Waals surface area contributed by atoms with Gasteiger partial charge in [-0.3, -0.25) is 4.98 Å². The SMILES string of the molecule is Cc1cc(NC2CCCS(=O)(=O)C2)ccn1. The normalized spacial score (nSPS) is 23.9. The summed E-state index contributed by atoms with van der Waals surface area (Å²) in [5.41, 5.74) is 1.89. The van der Waals surface area contributed by atoms with E-state index in [1.54, 1.807) is 6.20 Å². The lowest BCUT2D eigenvalue weighted by atomic mass is 10.2. The van der Waals surface area contributed by atoms with Crippen molar-refractivity contribution in [3.8, 4) is 0 Å². The highest BCUT2D eigenvalue weighted by Gasteiger charge is 2.24. The van der Waals surface area contributed by atoms with E-state index < -0.39 is 9.84 Å². The lowest BCUT2D eigenvalue weighted by Crippen LogP contribution is -2.34. The van der Waals surface area contributed by atoms with Crippen LogP contribution in [0.3, 0.4) is 0 Å². The third-order valence-corrected chi connectivity index (χ3v) is 4.55. The van der Waals surface area contributed by atoms with Crippen LogP contribution < -0.4 is 5.32 Å². The highest BCUT2D eigenvalue weighted by Crippen LogP contribution is 2.17. The van der Waals surface area contributed by atoms with Gasteiger partial charge in [-0.1, -0.05) is 0 Å². The summed E-state index contributed by atoms with van der Waals surface area (Å²) in [4.78, 5) is 4.10. The second-order valence-electron chi connectivity index (χ2n) is 4.28. The van der Waals surface area contributed by atoms with E-state index in [0.29, 0.717) is 5.75 Å². The lowest BCUT2D eigenvalue weighted by Gasteiger charge is -2.24. The Morgan fingerprint density at radius 2 is 2.31 bits per heavy atom. The molecule has 2 heterocycles. The molecule has 1 aliphatic rings. The Labute approximate surface area is 96.0 Å². The quantitative estimate of drug-likeness (QED) is 0.848. The molecule has 0 aliphatic carbocycles. The Morgan fingerprint density at radius 3 is 3.00 bits per heavy atom. The molecule has 0 aromatic carbocycles. The maximum atomic E-state index is 11.5. The van der Waals surface area contributed by atoms with Gasteiger partial charge in [0.1, 0.15) is 0 Å². The van der Waals surface area contributed by atoms with Crippen LogP contribution in [0.4, 0.5) is 5.69 Å². The molecule has 1 atom stereocenters. The predicted molar refractivity (Wildman–Crippen MR) is 64.3 cm³/mol. The molecule has 2 rings (SSSR count). The van der Waals surface area contributed by atoms with Crippen LogP contribution >= 0.6 is 0 Å². The van der Waals surface area contributed by atoms with Crippen LogP contribution in [0, 0.1) is 6.92 Å². The largest absolute Gasteiger partial charge is 0.381 e. The number of hydrogen-bond acceptors (Lipinski definition) is 4. The van der Waals surface area contributed by atoms with Gasteiger partial charge in [0.25, 0.3) is 0 Å². The van der Waals surface area contributed by atoms with Gasteiger partial charge in [-0.25, -0.2) is 8.42 Å². The number of pyridine rings is 1. The van der Waals surface area contributed by atoms with Gasteiger partial charge < -0.3 is 5.32 Å². The number of sulfone groups is 1. The summed E-state index contributed by atoms with van der Waals surface area (Å²) in [5, 5.41) is 3.26. The van der Waals surface area contributed by atoms with Gasteiger partial charge in [0.15, 0.2) is 9.84 Å². The Bertz CT molecular complexity index is 471. The van der Waals surface area contributed by atoms with E-state index in [1.807, 2.05) is 19.1 Å². The molecule has 0 radical (unpaired) electrons. The van der Waals surface area contributed by atoms with E-state index in [0.717, 1.165) is 24.2 Å². The smallest absolute Gasteiger partial charge is 0.152 e. The minimum atomic E-state index is -2.84. The molecule has 4 nitrogen and oxygen atoms in total. The Kier molecular flexibility index (Phi) is 3.14. The molecule has 16 heavy (non-hydrogen) atoms. The highest BCUT2D eigenvalue weighted by molar-refractivity contribution is 7.91. The van der Waals surface area contributed by atoms with Crippen LogP contribution in [0.5, 0.6) is 0 Å². The van der Waals surface area contributed by atoms with Gasteiger partial charge in [0, 0.05) is 23.6 Å². The highest BCUT2D eigenvalue weighted by atomic mass is 32.2. The molecule has 1 fully saturated rings. The van der Waals surface area contributed by atoms with E-state index in [4.69, 9.17) is 0 Å². The maximum Gasteiger partial charge on any atom is 0.152 e. The molecule has 0 bridgehead atoms. The molecule has 1 unspecified atom stereocenters. The van der Waals surface area contributed by atoms with Gasteiger partial charge in [-0.15, -0.1) is 0 Å². The van der Waals surface area contributed by atoms with Crippen molar-refractivity contribution in [1.29, 1.82) is 0 Å². The third kappa shape index (κ3) is 2.95. The van der Waals surface area contributed by atoms with Crippen molar-refractivity contribution in [2.75, 3.05) is 16.8 Å². The number of nitrogens with zero attached hydrogens (tertiary/aromatic N) is 1. The molecule has 0 amide bonds. The number of aryl methyl sites for hydroxylation is 1. The number of hydrogen-bond donors (Lipinski definition) is 1. The first-order valence-electron chi connectivity index (χ1n) is 5.45. The van der Waals surface area contributed by atoms with Crippen LogP contribution in [0.25, 0.3) is 0 Å². The fourth-order valence-corrected chi connectivity index (χ4v) is 3.64. The minimum Gasteiger partial charge on any atom is -0.381 e. The molecule has 0 saturated carbocycles. The molecule has 1 aromatic rings. The zero-order valence-electron chi connectivity index (χ0n) is 9.31. The van der Waals surface area contributed by atoms with Crippen molar-refractivity contribution < 1.29 is 8.42 Å². The van der Waals surface area contributed by atoms with E-state index in [1.165, 1.54) is 0 Å². The second kappa shape index (κ2) is 4.41. The summed E-state index contributed by atoms with van der Waals surface area (Å²) < 4.78 is 22.9. The molecular weight excluding hydrogens is 224 g/mol. The summed E-state index contributed by atoms with van der Waals surface area (Å²) >= 11 is 0. The fourth-order valence-electron chi connectivity index (χ4n) is 2.01. The van der Waals surface area contributed by atoms with E-state index in [-0.39, 0.29) is 11.8 Å². The molecule has 1 aliphatic heterocycles. The van der Waals surface area contributed by atoms with Crippen molar-refractivity contribution in [3.63, 3.8) is 0 Å². The van der Waals surface area contributed by atoms with Crippen molar-refractivity contribution >= 4 is 15.5 Å². The van der Waals surface area contributed by atoms with Crippen molar-refractivity contribution in [1.82, 2.24) is 4.98 Å². The summed E-state index contributed by atoms with van der Waals surface area (Å²) in [7, 11) is -2.84. The van der Waals surface area contributed by atoms with E-state index >= 15 is 0 Å². The first kappa shape index (κ1) is 11.4.